The number of nitrogens with one attached hydrogen (secondary N) is 1. The molecule has 1 nitrogen and oxygen atoms in total. The molecule has 0 aromatic carbocycles. The van der Waals surface area contributed by atoms with Crippen molar-refractivity contribution in [2.45, 2.75) is 25.7 Å². The number of allylic oxidation sites excluding steroid dienone is 3. The van der Waals surface area contributed by atoms with Crippen LogP contribution < -0.4 is 0 Å². The Morgan fingerprint density at radius 2 is 1.60 bits per heavy atom. The Bertz CT molecular complexity index is 99.9. The molecule has 0 saturated carbocycles. The maximum Gasteiger partial charge on any atom is -0.00447 e. The Balaban J connectivity index is 3.03. The van der Waals surface area contributed by atoms with Crippen LogP contribution in [0.5, 0.6) is 0 Å². The highest BCUT2D eigenvalue weighted by molar-refractivity contribution is 5.52. The normalized spacial score (nSPS) is 10.0. The van der Waals surface area contributed by atoms with E-state index in [2.05, 4.69) is 18.7 Å². The summed E-state index contributed by atoms with van der Waals surface area (Å²) in [4.78, 5) is 0. The molecular formula is C9H15N. The Labute approximate surface area is 63.0 Å². The molecule has 0 aromatic rings. The summed E-state index contributed by atoms with van der Waals surface area (Å²) in [5.74, 6) is 0. The molecule has 0 fully saturated rings. The second-order valence-corrected chi connectivity index (χ2v) is 2.12. The molecule has 0 aliphatic carbocycles. The van der Waals surface area contributed by atoms with Crippen molar-refractivity contribution < 1.29 is 0 Å². The molecule has 0 rings (SSSR count). The minimum Gasteiger partial charge on any atom is -0.313 e. The first-order valence-electron chi connectivity index (χ1n) is 3.66. The third-order valence-electron chi connectivity index (χ3n) is 1.18. The van der Waals surface area contributed by atoms with Crippen LogP contribution in [0.15, 0.2) is 24.8 Å². The zero-order valence-electron chi connectivity index (χ0n) is 6.34. The van der Waals surface area contributed by atoms with Crippen LogP contribution in [0.3, 0.4) is 0 Å². The summed E-state index contributed by atoms with van der Waals surface area (Å²) in [6, 6.07) is 0. The van der Waals surface area contributed by atoms with E-state index in [4.69, 9.17) is 5.41 Å². The van der Waals surface area contributed by atoms with Gasteiger partial charge in [0.15, 0.2) is 0 Å². The molecule has 56 valence electrons. The van der Waals surface area contributed by atoms with Crippen molar-refractivity contribution in [2.75, 3.05) is 0 Å². The lowest BCUT2D eigenvalue weighted by atomic mass is 10.2. The Morgan fingerprint density at radius 3 is 2.10 bits per heavy atom. The molecule has 0 heterocycles. The van der Waals surface area contributed by atoms with Gasteiger partial charge >= 0.3 is 0 Å². The quantitative estimate of drug-likeness (QED) is 0.330. The van der Waals surface area contributed by atoms with Crippen molar-refractivity contribution in [3.8, 4) is 0 Å². The maximum absolute atomic E-state index is 6.74. The van der Waals surface area contributed by atoms with Gasteiger partial charge in [-0.25, -0.2) is 0 Å². The molecule has 10 heavy (non-hydrogen) atoms. The summed E-state index contributed by atoms with van der Waals surface area (Å²) in [6.07, 6.45) is 11.6. The SMILES string of the molecule is C=CCC/C=C/CCC=N. The van der Waals surface area contributed by atoms with E-state index in [0.29, 0.717) is 0 Å². The molecular weight excluding hydrogens is 122 g/mol. The fourth-order valence-corrected chi connectivity index (χ4v) is 0.629. The average Bonchev–Trinajstić information content (AvgIpc) is 1.97. The summed E-state index contributed by atoms with van der Waals surface area (Å²) in [5, 5.41) is 6.74. The van der Waals surface area contributed by atoms with E-state index in [1.807, 2.05) is 6.08 Å². The van der Waals surface area contributed by atoms with Crippen molar-refractivity contribution in [3.05, 3.63) is 24.8 Å². The van der Waals surface area contributed by atoms with Crippen LogP contribution in [0.4, 0.5) is 0 Å². The summed E-state index contributed by atoms with van der Waals surface area (Å²) in [5.41, 5.74) is 0. The van der Waals surface area contributed by atoms with Crippen molar-refractivity contribution in [1.29, 1.82) is 5.41 Å². The van der Waals surface area contributed by atoms with Gasteiger partial charge in [-0.05, 0) is 31.9 Å². The molecule has 0 atom stereocenters. The highest BCUT2D eigenvalue weighted by Gasteiger charge is 1.75. The number of unbranched alkanes of at least 4 members (excludes halogenated alkanes) is 2. The van der Waals surface area contributed by atoms with Crippen LogP contribution in [0.25, 0.3) is 0 Å². The van der Waals surface area contributed by atoms with Crippen LogP contribution in [-0.4, -0.2) is 6.21 Å². The van der Waals surface area contributed by atoms with Crippen LogP contribution in [-0.2, 0) is 0 Å². The number of hydrogen-bond donors (Lipinski definition) is 1. The lowest BCUT2D eigenvalue weighted by molar-refractivity contribution is 1.03. The van der Waals surface area contributed by atoms with Crippen molar-refractivity contribution in [3.63, 3.8) is 0 Å². The van der Waals surface area contributed by atoms with Gasteiger partial charge < -0.3 is 5.41 Å². The lowest BCUT2D eigenvalue weighted by Crippen LogP contribution is -1.69. The first kappa shape index (κ1) is 9.15. The molecule has 1 N–H and O–H groups in total. The highest BCUT2D eigenvalue weighted by atomic mass is 14.3. The van der Waals surface area contributed by atoms with Gasteiger partial charge in [0.2, 0.25) is 0 Å². The van der Waals surface area contributed by atoms with Gasteiger partial charge in [-0.2, -0.15) is 0 Å². The summed E-state index contributed by atoms with van der Waals surface area (Å²) < 4.78 is 0. The second-order valence-electron chi connectivity index (χ2n) is 2.12. The van der Waals surface area contributed by atoms with Crippen LogP contribution in [0.2, 0.25) is 0 Å². The topological polar surface area (TPSA) is 23.9 Å². The molecule has 0 amide bonds. The van der Waals surface area contributed by atoms with Crippen molar-refractivity contribution in [1.82, 2.24) is 0 Å². The van der Waals surface area contributed by atoms with Crippen LogP contribution >= 0.6 is 0 Å². The molecule has 0 bridgehead atoms. The molecule has 1 heteroatoms. The fraction of sp³-hybridized carbons (Fsp3) is 0.444. The molecule has 0 unspecified atom stereocenters. The standard InChI is InChI=1S/C9H15N/c1-2-3-4-5-6-7-8-9-10/h2,5-6,9-10H,1,3-4,7-8H2/b6-5+,10-9?. The minimum atomic E-state index is 0.866. The third-order valence-corrected chi connectivity index (χ3v) is 1.18. The molecule has 0 radical (unpaired) electrons. The first-order valence-corrected chi connectivity index (χ1v) is 3.66. The Kier molecular flexibility index (Phi) is 7.46. The number of hydrogen-bond acceptors (Lipinski definition) is 1. The predicted molar refractivity (Wildman–Crippen MR) is 46.6 cm³/mol. The van der Waals surface area contributed by atoms with Crippen LogP contribution in [0, 0.1) is 5.41 Å². The molecule has 0 saturated heterocycles. The van der Waals surface area contributed by atoms with E-state index in [-0.39, 0.29) is 0 Å². The Morgan fingerprint density at radius 1 is 1.00 bits per heavy atom. The van der Waals surface area contributed by atoms with E-state index in [1.54, 1.807) is 0 Å². The van der Waals surface area contributed by atoms with Crippen molar-refractivity contribution in [2.24, 2.45) is 0 Å². The lowest BCUT2D eigenvalue weighted by Gasteiger charge is -1.85. The van der Waals surface area contributed by atoms with Gasteiger partial charge in [0.1, 0.15) is 0 Å². The van der Waals surface area contributed by atoms with Gasteiger partial charge in [-0.15, -0.1) is 6.58 Å². The van der Waals surface area contributed by atoms with Gasteiger partial charge in [0.05, 0.1) is 0 Å². The van der Waals surface area contributed by atoms with Crippen molar-refractivity contribution >= 4 is 6.21 Å². The van der Waals surface area contributed by atoms with E-state index >= 15 is 0 Å². The molecule has 0 spiro atoms. The fourth-order valence-electron chi connectivity index (χ4n) is 0.629. The monoisotopic (exact) mass is 137 g/mol. The summed E-state index contributed by atoms with van der Waals surface area (Å²) >= 11 is 0. The predicted octanol–water partition coefficient (Wildman–Crippen LogP) is 2.94. The van der Waals surface area contributed by atoms with Gasteiger partial charge in [-0.1, -0.05) is 18.2 Å². The minimum absolute atomic E-state index is 0.866. The average molecular weight is 137 g/mol. The molecule has 0 aliphatic heterocycles. The smallest absolute Gasteiger partial charge is 0.00447 e. The van der Waals surface area contributed by atoms with E-state index in [0.717, 1.165) is 25.7 Å². The van der Waals surface area contributed by atoms with Gasteiger partial charge in [0.25, 0.3) is 0 Å². The molecule has 0 aliphatic rings. The first-order chi connectivity index (χ1) is 4.91. The zero-order chi connectivity index (χ0) is 7.66. The number of rotatable bonds is 6. The summed E-state index contributed by atoms with van der Waals surface area (Å²) in [6.45, 7) is 3.62. The van der Waals surface area contributed by atoms with E-state index in [1.165, 1.54) is 6.21 Å². The molecule has 0 aromatic heterocycles. The maximum atomic E-state index is 6.74. The highest BCUT2D eigenvalue weighted by Crippen LogP contribution is 1.93. The Hall–Kier alpha value is -0.850. The van der Waals surface area contributed by atoms with E-state index < -0.39 is 0 Å². The van der Waals surface area contributed by atoms with Gasteiger partial charge in [0, 0.05) is 0 Å². The van der Waals surface area contributed by atoms with E-state index in [9.17, 15) is 0 Å². The second kappa shape index (κ2) is 8.15. The summed E-state index contributed by atoms with van der Waals surface area (Å²) in [7, 11) is 0. The van der Waals surface area contributed by atoms with Crippen LogP contribution in [0.1, 0.15) is 25.7 Å². The zero-order valence-corrected chi connectivity index (χ0v) is 6.34. The van der Waals surface area contributed by atoms with Gasteiger partial charge in [-0.3, -0.25) is 0 Å². The third kappa shape index (κ3) is 7.15. The largest absolute Gasteiger partial charge is 0.313 e.